The maximum Gasteiger partial charge on any atom is 0.172 e. The molecule has 1 unspecified atom stereocenters. The van der Waals surface area contributed by atoms with E-state index in [-0.39, 0.29) is 12.4 Å². The number of rotatable bonds is 4. The summed E-state index contributed by atoms with van der Waals surface area (Å²) in [5.74, 6) is 2.51. The van der Waals surface area contributed by atoms with Crippen molar-refractivity contribution in [3.05, 3.63) is 24.3 Å². The number of benzene rings is 1. The van der Waals surface area contributed by atoms with Crippen LogP contribution in [0.5, 0.6) is 0 Å². The molecular weight excluding hydrogens is 310 g/mol. The zero-order valence-corrected chi connectivity index (χ0v) is 14.1. The Balaban J connectivity index is 0.00000156. The lowest BCUT2D eigenvalue weighted by Gasteiger charge is -2.34. The highest BCUT2D eigenvalue weighted by Crippen LogP contribution is 2.32. The molecule has 0 spiro atoms. The van der Waals surface area contributed by atoms with E-state index in [1.807, 2.05) is 24.3 Å². The van der Waals surface area contributed by atoms with Crippen LogP contribution in [0.25, 0.3) is 11.0 Å². The summed E-state index contributed by atoms with van der Waals surface area (Å²) < 4.78 is 0. The Morgan fingerprint density at radius 2 is 1.87 bits per heavy atom. The molecule has 23 heavy (non-hydrogen) atoms. The molecule has 1 saturated carbocycles. The lowest BCUT2D eigenvalue weighted by Crippen LogP contribution is -2.39. The van der Waals surface area contributed by atoms with E-state index in [9.17, 15) is 0 Å². The van der Waals surface area contributed by atoms with Crippen molar-refractivity contribution in [2.45, 2.75) is 31.7 Å². The Hall–Kier alpha value is -1.59. The van der Waals surface area contributed by atoms with Gasteiger partial charge in [0.25, 0.3) is 0 Å². The molecule has 2 heterocycles. The number of nitrogens with one attached hydrogen (secondary N) is 1. The first-order valence-electron chi connectivity index (χ1n) is 8.32. The van der Waals surface area contributed by atoms with Gasteiger partial charge in [0.05, 0.1) is 11.0 Å². The number of para-hydroxylation sites is 2. The third-order valence-electron chi connectivity index (χ3n) is 4.62. The van der Waals surface area contributed by atoms with Gasteiger partial charge in [-0.2, -0.15) is 0 Å². The van der Waals surface area contributed by atoms with Gasteiger partial charge in [-0.25, -0.2) is 9.97 Å². The number of hydrogen-bond donors (Lipinski definition) is 2. The van der Waals surface area contributed by atoms with Gasteiger partial charge in [0, 0.05) is 19.1 Å². The zero-order valence-electron chi connectivity index (χ0n) is 13.2. The predicted octanol–water partition coefficient (Wildman–Crippen LogP) is 2.80. The number of anilines is 2. The standard InChI is InChI=1S/C17H23N5.ClH/c18-10-12-4-3-9-22(11-12)17-16(19-13-7-8-13)20-14-5-1-2-6-15(14)21-17;/h1-2,5-6,12-13H,3-4,7-11,18H2,(H,19,20);1H. The Morgan fingerprint density at radius 3 is 2.57 bits per heavy atom. The molecule has 2 aliphatic rings. The minimum Gasteiger partial charge on any atom is -0.364 e. The van der Waals surface area contributed by atoms with Gasteiger partial charge in [-0.15, -0.1) is 12.4 Å². The van der Waals surface area contributed by atoms with Crippen LogP contribution in [0.15, 0.2) is 24.3 Å². The second-order valence-electron chi connectivity index (χ2n) is 6.49. The monoisotopic (exact) mass is 333 g/mol. The number of nitrogens with two attached hydrogens (primary N) is 1. The molecule has 1 aliphatic carbocycles. The number of nitrogens with zero attached hydrogens (tertiary/aromatic N) is 3. The van der Waals surface area contributed by atoms with Crippen molar-refractivity contribution >= 4 is 35.1 Å². The second-order valence-corrected chi connectivity index (χ2v) is 6.49. The van der Waals surface area contributed by atoms with Crippen molar-refractivity contribution in [2.24, 2.45) is 11.7 Å². The topological polar surface area (TPSA) is 67.1 Å². The Morgan fingerprint density at radius 1 is 1.13 bits per heavy atom. The largest absolute Gasteiger partial charge is 0.364 e. The lowest BCUT2D eigenvalue weighted by molar-refractivity contribution is 0.422. The van der Waals surface area contributed by atoms with E-state index >= 15 is 0 Å². The fraction of sp³-hybridized carbons (Fsp3) is 0.529. The first-order valence-corrected chi connectivity index (χ1v) is 8.32. The number of piperidine rings is 1. The number of aromatic nitrogens is 2. The Labute approximate surface area is 143 Å². The summed E-state index contributed by atoms with van der Waals surface area (Å²) in [6.45, 7) is 2.79. The van der Waals surface area contributed by atoms with E-state index in [1.165, 1.54) is 25.7 Å². The van der Waals surface area contributed by atoms with E-state index in [4.69, 9.17) is 15.7 Å². The smallest absolute Gasteiger partial charge is 0.172 e. The summed E-state index contributed by atoms with van der Waals surface area (Å²) in [7, 11) is 0. The number of halogens is 1. The van der Waals surface area contributed by atoms with Gasteiger partial charge in [-0.3, -0.25) is 0 Å². The first-order chi connectivity index (χ1) is 10.8. The molecule has 0 radical (unpaired) electrons. The van der Waals surface area contributed by atoms with E-state index in [0.717, 1.165) is 42.3 Å². The van der Waals surface area contributed by atoms with Crippen molar-refractivity contribution < 1.29 is 0 Å². The molecule has 3 N–H and O–H groups in total. The van der Waals surface area contributed by atoms with E-state index in [0.29, 0.717) is 12.0 Å². The van der Waals surface area contributed by atoms with Crippen LogP contribution < -0.4 is 16.0 Å². The molecule has 4 rings (SSSR count). The van der Waals surface area contributed by atoms with Crippen molar-refractivity contribution in [3.8, 4) is 0 Å². The maximum atomic E-state index is 5.88. The average Bonchev–Trinajstić information content (AvgIpc) is 3.38. The fourth-order valence-electron chi connectivity index (χ4n) is 3.18. The Kier molecular flexibility index (Phi) is 4.87. The molecule has 1 atom stereocenters. The molecule has 0 amide bonds. The van der Waals surface area contributed by atoms with Crippen LogP contribution in [0.2, 0.25) is 0 Å². The summed E-state index contributed by atoms with van der Waals surface area (Å²) >= 11 is 0. The van der Waals surface area contributed by atoms with Crippen LogP contribution in [-0.4, -0.2) is 35.6 Å². The van der Waals surface area contributed by atoms with Crippen molar-refractivity contribution in [3.63, 3.8) is 0 Å². The van der Waals surface area contributed by atoms with Crippen molar-refractivity contribution in [1.82, 2.24) is 9.97 Å². The summed E-state index contributed by atoms with van der Waals surface area (Å²) in [4.78, 5) is 12.1. The Bertz CT molecular complexity index is 673. The van der Waals surface area contributed by atoms with Crippen LogP contribution in [-0.2, 0) is 0 Å². The summed E-state index contributed by atoms with van der Waals surface area (Å²) in [5.41, 5.74) is 7.81. The van der Waals surface area contributed by atoms with Crippen LogP contribution in [0.1, 0.15) is 25.7 Å². The van der Waals surface area contributed by atoms with Crippen LogP contribution in [0.4, 0.5) is 11.6 Å². The van der Waals surface area contributed by atoms with Gasteiger partial charge in [0.2, 0.25) is 0 Å². The van der Waals surface area contributed by atoms with Gasteiger partial charge in [0.15, 0.2) is 11.6 Å². The number of hydrogen-bond acceptors (Lipinski definition) is 5. The molecule has 1 aromatic carbocycles. The van der Waals surface area contributed by atoms with E-state index in [2.05, 4.69) is 10.2 Å². The van der Waals surface area contributed by atoms with Crippen LogP contribution in [0.3, 0.4) is 0 Å². The van der Waals surface area contributed by atoms with Crippen LogP contribution >= 0.6 is 12.4 Å². The molecule has 1 aliphatic heterocycles. The third-order valence-corrected chi connectivity index (χ3v) is 4.62. The lowest BCUT2D eigenvalue weighted by atomic mass is 9.98. The molecule has 2 aromatic rings. The molecule has 1 aromatic heterocycles. The molecule has 5 nitrogen and oxygen atoms in total. The fourth-order valence-corrected chi connectivity index (χ4v) is 3.18. The third kappa shape index (κ3) is 3.51. The molecule has 124 valence electrons. The minimum atomic E-state index is 0. The molecule has 6 heteroatoms. The maximum absolute atomic E-state index is 5.88. The molecular formula is C17H24ClN5. The highest BCUT2D eigenvalue weighted by atomic mass is 35.5. The minimum absolute atomic E-state index is 0. The quantitative estimate of drug-likeness (QED) is 0.900. The second kappa shape index (κ2) is 6.89. The molecule has 1 saturated heterocycles. The normalized spacial score (nSPS) is 21.1. The predicted molar refractivity (Wildman–Crippen MR) is 97.4 cm³/mol. The zero-order chi connectivity index (χ0) is 14.9. The highest BCUT2D eigenvalue weighted by molar-refractivity contribution is 5.85. The molecule has 0 bridgehead atoms. The summed E-state index contributed by atoms with van der Waals surface area (Å²) in [6.07, 6.45) is 4.87. The highest BCUT2D eigenvalue weighted by Gasteiger charge is 2.27. The average molecular weight is 334 g/mol. The first kappa shape index (κ1) is 16.3. The van der Waals surface area contributed by atoms with Gasteiger partial charge < -0.3 is 16.0 Å². The van der Waals surface area contributed by atoms with Gasteiger partial charge >= 0.3 is 0 Å². The summed E-state index contributed by atoms with van der Waals surface area (Å²) in [5, 5.41) is 3.56. The van der Waals surface area contributed by atoms with Gasteiger partial charge in [-0.05, 0) is 50.3 Å². The van der Waals surface area contributed by atoms with Crippen LogP contribution in [0, 0.1) is 5.92 Å². The molecule has 2 fully saturated rings. The van der Waals surface area contributed by atoms with Crippen molar-refractivity contribution in [1.29, 1.82) is 0 Å². The van der Waals surface area contributed by atoms with E-state index < -0.39 is 0 Å². The van der Waals surface area contributed by atoms with Gasteiger partial charge in [-0.1, -0.05) is 12.1 Å². The SMILES string of the molecule is Cl.NCC1CCCN(c2nc3ccccc3nc2NC2CC2)C1. The summed E-state index contributed by atoms with van der Waals surface area (Å²) in [6, 6.07) is 8.68. The van der Waals surface area contributed by atoms with Crippen molar-refractivity contribution in [2.75, 3.05) is 29.9 Å². The number of fused-ring (bicyclic) bond motifs is 1. The van der Waals surface area contributed by atoms with Gasteiger partial charge in [0.1, 0.15) is 0 Å². The van der Waals surface area contributed by atoms with E-state index in [1.54, 1.807) is 0 Å².